The largest absolute Gasteiger partial charge is 0.444 e. The minimum absolute atomic E-state index is 0.343. The van der Waals surface area contributed by atoms with Crippen LogP contribution in [0, 0.1) is 0 Å². The Hall–Kier alpha value is -2.45. The zero-order chi connectivity index (χ0) is 16.5. The third-order valence-corrected chi connectivity index (χ3v) is 3.61. The second-order valence-electron chi connectivity index (χ2n) is 6.67. The van der Waals surface area contributed by atoms with E-state index in [9.17, 15) is 4.79 Å². The first-order valence-electron chi connectivity index (χ1n) is 7.53. The van der Waals surface area contributed by atoms with Gasteiger partial charge in [-0.2, -0.15) is 10.1 Å². The molecule has 2 heterocycles. The minimum atomic E-state index is -0.605. The van der Waals surface area contributed by atoms with Gasteiger partial charge in [0, 0.05) is 0 Å². The van der Waals surface area contributed by atoms with Crippen LogP contribution in [0.25, 0.3) is 0 Å². The maximum Gasteiger partial charge on any atom is 0.408 e. The Kier molecular flexibility index (Phi) is 3.78. The Morgan fingerprint density at radius 3 is 2.83 bits per heavy atom. The summed E-state index contributed by atoms with van der Waals surface area (Å²) in [6, 6.07) is 0. The van der Waals surface area contributed by atoms with Crippen molar-refractivity contribution in [3.8, 4) is 0 Å². The van der Waals surface area contributed by atoms with E-state index in [-0.39, 0.29) is 0 Å². The highest BCUT2D eigenvalue weighted by atomic mass is 16.6. The molecule has 9 nitrogen and oxygen atoms in total. The number of nitrogens with zero attached hydrogens (tertiary/aromatic N) is 5. The predicted molar refractivity (Wildman–Crippen MR) is 78.3 cm³/mol. The molecule has 1 fully saturated rings. The number of alkyl carbamates (subject to hydrolysis) is 1. The number of carbonyl (C=O) groups excluding carboxylic acids is 1. The first-order chi connectivity index (χ1) is 10.9. The van der Waals surface area contributed by atoms with Crippen LogP contribution in [0.2, 0.25) is 0 Å². The van der Waals surface area contributed by atoms with E-state index in [4.69, 9.17) is 9.26 Å². The molecule has 9 heteroatoms. The lowest BCUT2D eigenvalue weighted by Gasteiger charge is -2.39. The van der Waals surface area contributed by atoms with Gasteiger partial charge in [0.2, 0.25) is 5.89 Å². The molecule has 2 aromatic heterocycles. The van der Waals surface area contributed by atoms with E-state index in [1.807, 2.05) is 20.8 Å². The van der Waals surface area contributed by atoms with Crippen molar-refractivity contribution in [2.45, 2.75) is 57.7 Å². The van der Waals surface area contributed by atoms with Crippen LogP contribution in [-0.2, 0) is 16.8 Å². The summed E-state index contributed by atoms with van der Waals surface area (Å²) < 4.78 is 12.2. The molecule has 1 N–H and O–H groups in total. The number of nitrogens with one attached hydrogen (secondary N) is 1. The van der Waals surface area contributed by atoms with E-state index in [2.05, 4.69) is 25.5 Å². The third kappa shape index (κ3) is 3.49. The number of hydrogen-bond donors (Lipinski definition) is 1. The Morgan fingerprint density at radius 2 is 2.26 bits per heavy atom. The van der Waals surface area contributed by atoms with Crippen molar-refractivity contribution < 1.29 is 14.1 Å². The average Bonchev–Trinajstić information content (AvgIpc) is 3.04. The second kappa shape index (κ2) is 5.64. The fraction of sp³-hybridized carbons (Fsp3) is 0.643. The molecule has 0 unspecified atom stereocenters. The molecule has 0 aliphatic heterocycles. The van der Waals surface area contributed by atoms with Gasteiger partial charge < -0.3 is 14.6 Å². The summed E-state index contributed by atoms with van der Waals surface area (Å²) in [7, 11) is 0. The van der Waals surface area contributed by atoms with Crippen molar-refractivity contribution in [2.75, 3.05) is 0 Å². The third-order valence-electron chi connectivity index (χ3n) is 3.61. The lowest BCUT2D eigenvalue weighted by atomic mass is 9.76. The topological polar surface area (TPSA) is 108 Å². The maximum atomic E-state index is 12.1. The number of amides is 1. The Labute approximate surface area is 133 Å². The van der Waals surface area contributed by atoms with Gasteiger partial charge in [-0.05, 0) is 40.0 Å². The fourth-order valence-electron chi connectivity index (χ4n) is 2.40. The molecule has 1 saturated carbocycles. The number of carbonyl (C=O) groups is 1. The van der Waals surface area contributed by atoms with E-state index in [1.54, 1.807) is 11.0 Å². The van der Waals surface area contributed by atoms with Crippen LogP contribution in [0.1, 0.15) is 51.7 Å². The summed E-state index contributed by atoms with van der Waals surface area (Å²) in [5.41, 5.74) is -1.16. The molecule has 0 aromatic carbocycles. The molecule has 124 valence electrons. The normalized spacial score (nSPS) is 16.7. The number of hydrogen-bond acceptors (Lipinski definition) is 7. The SMILES string of the molecule is CC(C)(C)OC(=O)NC1(c2noc(Cn3cncn3)n2)CCC1. The Bertz CT molecular complexity index is 669. The van der Waals surface area contributed by atoms with Crippen LogP contribution in [0.3, 0.4) is 0 Å². The fourth-order valence-corrected chi connectivity index (χ4v) is 2.40. The zero-order valence-corrected chi connectivity index (χ0v) is 13.4. The number of aromatic nitrogens is 5. The molecule has 0 radical (unpaired) electrons. The van der Waals surface area contributed by atoms with Crippen molar-refractivity contribution in [2.24, 2.45) is 0 Å². The molecule has 0 saturated heterocycles. The minimum Gasteiger partial charge on any atom is -0.444 e. The van der Waals surface area contributed by atoms with Gasteiger partial charge in [0.05, 0.1) is 0 Å². The van der Waals surface area contributed by atoms with Crippen LogP contribution < -0.4 is 5.32 Å². The highest BCUT2D eigenvalue weighted by molar-refractivity contribution is 5.69. The van der Waals surface area contributed by atoms with E-state index in [0.29, 0.717) is 18.3 Å². The highest BCUT2D eigenvalue weighted by Gasteiger charge is 2.45. The van der Waals surface area contributed by atoms with E-state index in [0.717, 1.165) is 19.3 Å². The van der Waals surface area contributed by atoms with Crippen LogP contribution >= 0.6 is 0 Å². The van der Waals surface area contributed by atoms with Crippen molar-refractivity contribution in [1.82, 2.24) is 30.2 Å². The van der Waals surface area contributed by atoms with E-state index in [1.165, 1.54) is 6.33 Å². The highest BCUT2D eigenvalue weighted by Crippen LogP contribution is 2.40. The quantitative estimate of drug-likeness (QED) is 0.911. The first kappa shape index (κ1) is 15.4. The Balaban J connectivity index is 1.70. The summed E-state index contributed by atoms with van der Waals surface area (Å²) in [4.78, 5) is 20.3. The Morgan fingerprint density at radius 1 is 1.48 bits per heavy atom. The molecule has 0 atom stereocenters. The molecular weight excluding hydrogens is 300 g/mol. The molecule has 3 rings (SSSR count). The molecular formula is C14H20N6O3. The molecule has 1 amide bonds. The van der Waals surface area contributed by atoms with Gasteiger partial charge in [-0.3, -0.25) is 0 Å². The van der Waals surface area contributed by atoms with Crippen LogP contribution in [0.15, 0.2) is 17.2 Å². The molecule has 1 aliphatic rings. The molecule has 1 aliphatic carbocycles. The lowest BCUT2D eigenvalue weighted by molar-refractivity contribution is 0.0362. The molecule has 0 bridgehead atoms. The van der Waals surface area contributed by atoms with Crippen LogP contribution in [-0.4, -0.2) is 36.6 Å². The zero-order valence-electron chi connectivity index (χ0n) is 13.4. The van der Waals surface area contributed by atoms with E-state index >= 15 is 0 Å². The van der Waals surface area contributed by atoms with Crippen molar-refractivity contribution in [3.05, 3.63) is 24.4 Å². The maximum absolute atomic E-state index is 12.1. The standard InChI is InChI=1S/C14H20N6O3/c1-13(2,3)22-12(21)18-14(5-4-6-14)11-17-10(23-19-11)7-20-9-15-8-16-20/h8-9H,4-7H2,1-3H3,(H,18,21). The average molecular weight is 320 g/mol. The van der Waals surface area contributed by atoms with Gasteiger partial charge in [-0.15, -0.1) is 0 Å². The summed E-state index contributed by atoms with van der Waals surface area (Å²) in [6.07, 6.45) is 5.04. The summed E-state index contributed by atoms with van der Waals surface area (Å²) >= 11 is 0. The van der Waals surface area contributed by atoms with Gasteiger partial charge in [0.1, 0.15) is 30.3 Å². The summed E-state index contributed by atoms with van der Waals surface area (Å²) in [5, 5.41) is 10.9. The first-order valence-corrected chi connectivity index (χ1v) is 7.53. The van der Waals surface area contributed by atoms with Gasteiger partial charge in [0.25, 0.3) is 0 Å². The van der Waals surface area contributed by atoms with Gasteiger partial charge >= 0.3 is 6.09 Å². The van der Waals surface area contributed by atoms with Crippen molar-refractivity contribution in [1.29, 1.82) is 0 Å². The summed E-state index contributed by atoms with van der Waals surface area (Å²) in [6.45, 7) is 5.81. The molecule has 23 heavy (non-hydrogen) atoms. The number of ether oxygens (including phenoxy) is 1. The molecule has 2 aromatic rings. The van der Waals surface area contributed by atoms with Gasteiger partial charge in [-0.25, -0.2) is 14.5 Å². The van der Waals surface area contributed by atoms with Gasteiger partial charge in [0.15, 0.2) is 5.82 Å². The number of rotatable bonds is 4. The second-order valence-corrected chi connectivity index (χ2v) is 6.67. The van der Waals surface area contributed by atoms with Gasteiger partial charge in [-0.1, -0.05) is 5.16 Å². The van der Waals surface area contributed by atoms with Crippen molar-refractivity contribution in [3.63, 3.8) is 0 Å². The molecule has 0 spiro atoms. The van der Waals surface area contributed by atoms with Crippen molar-refractivity contribution >= 4 is 6.09 Å². The van der Waals surface area contributed by atoms with Crippen LogP contribution in [0.5, 0.6) is 0 Å². The van der Waals surface area contributed by atoms with E-state index < -0.39 is 17.2 Å². The monoisotopic (exact) mass is 320 g/mol. The van der Waals surface area contributed by atoms with Crippen LogP contribution in [0.4, 0.5) is 4.79 Å². The smallest absolute Gasteiger partial charge is 0.408 e. The lowest BCUT2D eigenvalue weighted by Crippen LogP contribution is -2.52. The summed E-state index contributed by atoms with van der Waals surface area (Å²) in [5.74, 6) is 0.896. The predicted octanol–water partition coefficient (Wildman–Crippen LogP) is 1.61.